The second-order valence-electron chi connectivity index (χ2n) is 3.91. The number of hydrogen-bond acceptors (Lipinski definition) is 3. The van der Waals surface area contributed by atoms with E-state index in [0.717, 1.165) is 23.6 Å². The highest BCUT2D eigenvalue weighted by atomic mass is 16.5. The predicted octanol–water partition coefficient (Wildman–Crippen LogP) is 2.37. The fourth-order valence-electron chi connectivity index (χ4n) is 1.78. The highest BCUT2D eigenvalue weighted by Gasteiger charge is 2.06. The first kappa shape index (κ1) is 11.5. The first-order valence-electron chi connectivity index (χ1n) is 5.70. The molecule has 1 heterocycles. The highest BCUT2D eigenvalue weighted by Crippen LogP contribution is 2.18. The quantitative estimate of drug-likeness (QED) is 0.878. The number of aromatic nitrogens is 2. The second-order valence-corrected chi connectivity index (χ2v) is 3.91. The molecule has 0 radical (unpaired) electrons. The van der Waals surface area contributed by atoms with Crippen LogP contribution in [0.4, 0.5) is 5.95 Å². The van der Waals surface area contributed by atoms with Crippen molar-refractivity contribution in [2.24, 2.45) is 0 Å². The van der Waals surface area contributed by atoms with Gasteiger partial charge in [-0.1, -0.05) is 18.2 Å². The Bertz CT molecular complexity index is 505. The lowest BCUT2D eigenvalue weighted by Crippen LogP contribution is -2.07. The van der Waals surface area contributed by atoms with Gasteiger partial charge >= 0.3 is 0 Å². The third kappa shape index (κ3) is 2.41. The molecule has 0 amide bonds. The molecule has 0 saturated heterocycles. The van der Waals surface area contributed by atoms with Crippen LogP contribution in [-0.2, 0) is 13.2 Å². The lowest BCUT2D eigenvalue weighted by Gasteiger charge is -2.10. The van der Waals surface area contributed by atoms with Gasteiger partial charge in [0.05, 0.1) is 11.9 Å². The molecule has 0 aliphatic heterocycles. The van der Waals surface area contributed by atoms with Crippen molar-refractivity contribution in [3.05, 3.63) is 41.7 Å². The topological polar surface area (TPSA) is 53.1 Å². The Morgan fingerprint density at radius 2 is 2.12 bits per heavy atom. The minimum absolute atomic E-state index is 0.489. The number of imidazole rings is 1. The summed E-state index contributed by atoms with van der Waals surface area (Å²) in [6.07, 6.45) is 1.76. The summed E-state index contributed by atoms with van der Waals surface area (Å²) in [4.78, 5) is 4.08. The summed E-state index contributed by atoms with van der Waals surface area (Å²) in [5.41, 5.74) is 7.87. The number of rotatable bonds is 4. The smallest absolute Gasteiger partial charge is 0.200 e. The van der Waals surface area contributed by atoms with E-state index in [0.29, 0.717) is 12.6 Å². The van der Waals surface area contributed by atoms with Crippen LogP contribution in [0.2, 0.25) is 0 Å². The average Bonchev–Trinajstić information content (AvgIpc) is 2.69. The fraction of sp³-hybridized carbons (Fsp3) is 0.308. The Morgan fingerprint density at radius 1 is 1.35 bits per heavy atom. The van der Waals surface area contributed by atoms with Gasteiger partial charge in [0.1, 0.15) is 12.4 Å². The standard InChI is InChI=1S/C13H17N3O/c1-3-16-11(8-15-13(16)14)9-17-12-7-5-4-6-10(12)2/h4-8H,3,9H2,1-2H3,(H2,14,15). The van der Waals surface area contributed by atoms with Crippen molar-refractivity contribution in [1.82, 2.24) is 9.55 Å². The van der Waals surface area contributed by atoms with Crippen LogP contribution < -0.4 is 10.5 Å². The van der Waals surface area contributed by atoms with Crippen molar-refractivity contribution in [2.45, 2.75) is 27.0 Å². The molecule has 4 heteroatoms. The van der Waals surface area contributed by atoms with E-state index in [1.54, 1.807) is 6.20 Å². The molecule has 2 N–H and O–H groups in total. The lowest BCUT2D eigenvalue weighted by atomic mass is 10.2. The molecule has 0 atom stereocenters. The summed E-state index contributed by atoms with van der Waals surface area (Å²) in [6.45, 7) is 5.36. The molecule has 2 rings (SSSR count). The summed E-state index contributed by atoms with van der Waals surface area (Å²) in [5.74, 6) is 1.44. The predicted molar refractivity (Wildman–Crippen MR) is 67.8 cm³/mol. The van der Waals surface area contributed by atoms with Gasteiger partial charge in [0, 0.05) is 6.54 Å². The van der Waals surface area contributed by atoms with Crippen LogP contribution >= 0.6 is 0 Å². The molecule has 1 aromatic heterocycles. The van der Waals surface area contributed by atoms with Crippen LogP contribution in [0.15, 0.2) is 30.5 Å². The molecule has 17 heavy (non-hydrogen) atoms. The van der Waals surface area contributed by atoms with Gasteiger partial charge in [0.15, 0.2) is 5.95 Å². The van der Waals surface area contributed by atoms with E-state index in [1.807, 2.05) is 42.7 Å². The number of anilines is 1. The van der Waals surface area contributed by atoms with Crippen LogP contribution in [0, 0.1) is 6.92 Å². The van der Waals surface area contributed by atoms with E-state index in [1.165, 1.54) is 0 Å². The number of hydrogen-bond donors (Lipinski definition) is 1. The van der Waals surface area contributed by atoms with Gasteiger partial charge in [0.2, 0.25) is 0 Å². The van der Waals surface area contributed by atoms with E-state index in [-0.39, 0.29) is 0 Å². The Hall–Kier alpha value is -1.97. The first-order valence-corrected chi connectivity index (χ1v) is 5.70. The van der Waals surface area contributed by atoms with Crippen molar-refractivity contribution < 1.29 is 4.74 Å². The minimum atomic E-state index is 0.489. The van der Waals surface area contributed by atoms with Crippen LogP contribution in [0.5, 0.6) is 5.75 Å². The molecule has 90 valence electrons. The van der Waals surface area contributed by atoms with Crippen molar-refractivity contribution in [3.8, 4) is 5.75 Å². The van der Waals surface area contributed by atoms with Gasteiger partial charge in [0.25, 0.3) is 0 Å². The summed E-state index contributed by atoms with van der Waals surface area (Å²) >= 11 is 0. The van der Waals surface area contributed by atoms with E-state index in [4.69, 9.17) is 10.5 Å². The molecule has 2 aromatic rings. The zero-order valence-electron chi connectivity index (χ0n) is 10.2. The van der Waals surface area contributed by atoms with Crippen LogP contribution in [0.1, 0.15) is 18.2 Å². The molecule has 1 aromatic carbocycles. The zero-order valence-corrected chi connectivity index (χ0v) is 10.2. The molecule has 0 aliphatic rings. The Balaban J connectivity index is 2.10. The number of aryl methyl sites for hydroxylation is 1. The van der Waals surface area contributed by atoms with Gasteiger partial charge in [-0.2, -0.15) is 0 Å². The van der Waals surface area contributed by atoms with Gasteiger partial charge in [-0.15, -0.1) is 0 Å². The molecular formula is C13H17N3O. The van der Waals surface area contributed by atoms with Crippen molar-refractivity contribution in [1.29, 1.82) is 0 Å². The molecule has 0 saturated carbocycles. The normalized spacial score (nSPS) is 10.5. The number of nitrogen functional groups attached to an aromatic ring is 1. The highest BCUT2D eigenvalue weighted by molar-refractivity contribution is 5.32. The summed E-state index contributed by atoms with van der Waals surface area (Å²) < 4.78 is 7.70. The monoisotopic (exact) mass is 231 g/mol. The summed E-state index contributed by atoms with van der Waals surface area (Å²) in [6, 6.07) is 7.95. The molecule has 0 spiro atoms. The van der Waals surface area contributed by atoms with Gasteiger partial charge in [-0.25, -0.2) is 4.98 Å². The van der Waals surface area contributed by atoms with Crippen molar-refractivity contribution >= 4 is 5.95 Å². The third-order valence-electron chi connectivity index (χ3n) is 2.75. The maximum absolute atomic E-state index is 5.76. The Morgan fingerprint density at radius 3 is 2.82 bits per heavy atom. The van der Waals surface area contributed by atoms with Crippen LogP contribution in [0.25, 0.3) is 0 Å². The van der Waals surface area contributed by atoms with Gasteiger partial charge < -0.3 is 15.0 Å². The number of para-hydroxylation sites is 1. The minimum Gasteiger partial charge on any atom is -0.487 e. The Kier molecular flexibility index (Phi) is 3.32. The molecule has 0 unspecified atom stereocenters. The van der Waals surface area contributed by atoms with E-state index in [9.17, 15) is 0 Å². The second kappa shape index (κ2) is 4.91. The Labute approximate surface area is 101 Å². The lowest BCUT2D eigenvalue weighted by molar-refractivity contribution is 0.293. The first-order chi connectivity index (χ1) is 8.22. The average molecular weight is 231 g/mol. The number of ether oxygens (including phenoxy) is 1. The summed E-state index contributed by atoms with van der Waals surface area (Å²) in [5, 5.41) is 0. The number of benzene rings is 1. The summed E-state index contributed by atoms with van der Waals surface area (Å²) in [7, 11) is 0. The van der Waals surface area contributed by atoms with Gasteiger partial charge in [-0.05, 0) is 25.5 Å². The SMILES string of the molecule is CCn1c(COc2ccccc2C)cnc1N. The van der Waals surface area contributed by atoms with Crippen LogP contribution in [0.3, 0.4) is 0 Å². The number of nitrogens with zero attached hydrogens (tertiary/aromatic N) is 2. The third-order valence-corrected chi connectivity index (χ3v) is 2.75. The zero-order chi connectivity index (χ0) is 12.3. The molecular weight excluding hydrogens is 214 g/mol. The van der Waals surface area contributed by atoms with E-state index < -0.39 is 0 Å². The molecule has 0 fully saturated rings. The number of nitrogens with two attached hydrogens (primary N) is 1. The fourth-order valence-corrected chi connectivity index (χ4v) is 1.78. The van der Waals surface area contributed by atoms with Crippen LogP contribution in [-0.4, -0.2) is 9.55 Å². The van der Waals surface area contributed by atoms with Crippen molar-refractivity contribution in [3.63, 3.8) is 0 Å². The molecule has 4 nitrogen and oxygen atoms in total. The molecule has 0 bridgehead atoms. The largest absolute Gasteiger partial charge is 0.487 e. The molecule has 0 aliphatic carbocycles. The maximum atomic E-state index is 5.76. The maximum Gasteiger partial charge on any atom is 0.200 e. The van der Waals surface area contributed by atoms with Gasteiger partial charge in [-0.3, -0.25) is 0 Å². The van der Waals surface area contributed by atoms with E-state index >= 15 is 0 Å². The van der Waals surface area contributed by atoms with E-state index in [2.05, 4.69) is 4.98 Å². The van der Waals surface area contributed by atoms with Crippen molar-refractivity contribution in [2.75, 3.05) is 5.73 Å².